The van der Waals surface area contributed by atoms with Gasteiger partial charge in [-0.2, -0.15) is 0 Å². The summed E-state index contributed by atoms with van der Waals surface area (Å²) in [5.74, 6) is -0.301. The molecule has 0 aliphatic heterocycles. The van der Waals surface area contributed by atoms with Gasteiger partial charge >= 0.3 is 5.97 Å². The van der Waals surface area contributed by atoms with Gasteiger partial charge < -0.3 is 14.9 Å². The Labute approximate surface area is 126 Å². The second-order valence-electron chi connectivity index (χ2n) is 8.23. The molecule has 0 aromatic rings. The minimum atomic E-state index is -1.04. The SMILES string of the molecule is C=C1[C@@H](O)C[C@H]2C[C@]3(C)[C@@H](OC(C)=O)CC(C)(C)[C@@H]3[C@@]12O. The second-order valence-corrected chi connectivity index (χ2v) is 8.23. The van der Waals surface area contributed by atoms with E-state index in [1.807, 2.05) is 0 Å². The largest absolute Gasteiger partial charge is 0.462 e. The molecule has 3 fully saturated rings. The number of rotatable bonds is 1. The molecule has 3 aliphatic rings. The van der Waals surface area contributed by atoms with Gasteiger partial charge in [0.2, 0.25) is 0 Å². The fraction of sp³-hybridized carbons (Fsp3) is 0.824. The van der Waals surface area contributed by atoms with Crippen molar-refractivity contribution >= 4 is 5.97 Å². The molecule has 0 saturated heterocycles. The highest BCUT2D eigenvalue weighted by Crippen LogP contribution is 2.71. The number of esters is 1. The number of hydrogen-bond donors (Lipinski definition) is 2. The van der Waals surface area contributed by atoms with Crippen LogP contribution in [0.3, 0.4) is 0 Å². The minimum Gasteiger partial charge on any atom is -0.462 e. The van der Waals surface area contributed by atoms with Crippen LogP contribution in [0.1, 0.15) is 47.0 Å². The Kier molecular flexibility index (Phi) is 2.94. The van der Waals surface area contributed by atoms with Crippen LogP contribution in [-0.4, -0.2) is 34.0 Å². The van der Waals surface area contributed by atoms with Crippen molar-refractivity contribution < 1.29 is 19.7 Å². The molecular formula is C17H26O4. The maximum Gasteiger partial charge on any atom is 0.302 e. The topological polar surface area (TPSA) is 66.8 Å². The van der Waals surface area contributed by atoms with E-state index in [9.17, 15) is 15.0 Å². The van der Waals surface area contributed by atoms with E-state index < -0.39 is 11.7 Å². The molecule has 3 aliphatic carbocycles. The predicted molar refractivity (Wildman–Crippen MR) is 78.4 cm³/mol. The number of fused-ring (bicyclic) bond motifs is 3. The summed E-state index contributed by atoms with van der Waals surface area (Å²) in [6, 6.07) is 0. The number of aliphatic hydroxyl groups is 2. The highest BCUT2D eigenvalue weighted by atomic mass is 16.5. The van der Waals surface area contributed by atoms with E-state index in [-0.39, 0.29) is 34.7 Å². The summed E-state index contributed by atoms with van der Waals surface area (Å²) in [6.45, 7) is 11.8. The average Bonchev–Trinajstić information content (AvgIpc) is 2.75. The van der Waals surface area contributed by atoms with E-state index in [0.29, 0.717) is 12.0 Å². The van der Waals surface area contributed by atoms with Gasteiger partial charge in [0.15, 0.2) is 0 Å². The Balaban J connectivity index is 2.06. The van der Waals surface area contributed by atoms with Crippen LogP contribution in [0.2, 0.25) is 0 Å². The third-order valence-corrected chi connectivity index (χ3v) is 6.37. The summed E-state index contributed by atoms with van der Waals surface area (Å²) in [4.78, 5) is 11.4. The Hall–Kier alpha value is -0.870. The Morgan fingerprint density at radius 1 is 1.33 bits per heavy atom. The number of hydrogen-bond acceptors (Lipinski definition) is 4. The van der Waals surface area contributed by atoms with Gasteiger partial charge in [-0.15, -0.1) is 0 Å². The molecule has 0 bridgehead atoms. The molecule has 118 valence electrons. The van der Waals surface area contributed by atoms with Crippen molar-refractivity contribution in [2.75, 3.05) is 0 Å². The van der Waals surface area contributed by atoms with Crippen molar-refractivity contribution in [2.45, 2.75) is 64.8 Å². The van der Waals surface area contributed by atoms with Crippen LogP contribution < -0.4 is 0 Å². The van der Waals surface area contributed by atoms with Crippen LogP contribution in [0.5, 0.6) is 0 Å². The van der Waals surface area contributed by atoms with Crippen molar-refractivity contribution in [3.63, 3.8) is 0 Å². The summed E-state index contributed by atoms with van der Waals surface area (Å²) in [7, 11) is 0. The molecular weight excluding hydrogens is 268 g/mol. The average molecular weight is 294 g/mol. The number of carbonyl (C=O) groups excluding carboxylic acids is 1. The van der Waals surface area contributed by atoms with Crippen molar-refractivity contribution in [2.24, 2.45) is 22.7 Å². The van der Waals surface area contributed by atoms with Gasteiger partial charge in [-0.1, -0.05) is 27.4 Å². The maximum atomic E-state index is 11.4. The van der Waals surface area contributed by atoms with Gasteiger partial charge in [-0.25, -0.2) is 0 Å². The summed E-state index contributed by atoms with van der Waals surface area (Å²) < 4.78 is 5.59. The van der Waals surface area contributed by atoms with E-state index in [4.69, 9.17) is 4.74 Å². The van der Waals surface area contributed by atoms with Gasteiger partial charge in [0.1, 0.15) is 6.10 Å². The van der Waals surface area contributed by atoms with Gasteiger partial charge in [0, 0.05) is 18.3 Å². The highest BCUT2D eigenvalue weighted by molar-refractivity contribution is 5.66. The monoisotopic (exact) mass is 294 g/mol. The summed E-state index contributed by atoms with van der Waals surface area (Å²) in [6.07, 6.45) is 1.28. The van der Waals surface area contributed by atoms with Crippen molar-refractivity contribution in [3.05, 3.63) is 12.2 Å². The van der Waals surface area contributed by atoms with Crippen LogP contribution >= 0.6 is 0 Å². The van der Waals surface area contributed by atoms with Crippen LogP contribution in [0.4, 0.5) is 0 Å². The number of aliphatic hydroxyl groups excluding tert-OH is 1. The molecule has 0 aromatic heterocycles. The molecule has 0 amide bonds. The smallest absolute Gasteiger partial charge is 0.302 e. The van der Waals surface area contributed by atoms with E-state index in [0.717, 1.165) is 12.8 Å². The number of carbonyl (C=O) groups is 1. The fourth-order valence-corrected chi connectivity index (χ4v) is 5.94. The molecule has 0 heterocycles. The molecule has 21 heavy (non-hydrogen) atoms. The molecule has 3 rings (SSSR count). The van der Waals surface area contributed by atoms with E-state index >= 15 is 0 Å². The molecule has 0 spiro atoms. The lowest BCUT2D eigenvalue weighted by atomic mass is 9.66. The van der Waals surface area contributed by atoms with Crippen LogP contribution in [0, 0.1) is 22.7 Å². The standard InChI is InChI=1S/C17H26O4/c1-9-12(19)6-11-7-16(5)13(21-10(2)18)8-15(3,4)14(16)17(9,11)20/h11-14,19-20H,1,6-8H2,2-5H3/t11-,12-,13-,14-,16+,17+/m0/s1. The zero-order valence-electron chi connectivity index (χ0n) is 13.3. The molecule has 4 heteroatoms. The highest BCUT2D eigenvalue weighted by Gasteiger charge is 2.74. The van der Waals surface area contributed by atoms with Crippen molar-refractivity contribution in [1.29, 1.82) is 0 Å². The summed E-state index contributed by atoms with van der Waals surface area (Å²) in [5.41, 5.74) is -0.895. The first-order valence-corrected chi connectivity index (χ1v) is 7.80. The van der Waals surface area contributed by atoms with Crippen LogP contribution in [0.25, 0.3) is 0 Å². The van der Waals surface area contributed by atoms with Crippen LogP contribution in [-0.2, 0) is 9.53 Å². The molecule has 6 atom stereocenters. The van der Waals surface area contributed by atoms with Gasteiger partial charge in [-0.05, 0) is 36.2 Å². The summed E-state index contributed by atoms with van der Waals surface area (Å²) in [5, 5.41) is 21.5. The third-order valence-electron chi connectivity index (χ3n) is 6.37. The Morgan fingerprint density at radius 2 is 1.95 bits per heavy atom. The molecule has 0 radical (unpaired) electrons. The minimum absolute atomic E-state index is 0.00707. The zero-order valence-corrected chi connectivity index (χ0v) is 13.3. The molecule has 0 unspecified atom stereocenters. The molecule has 0 aromatic carbocycles. The van der Waals surface area contributed by atoms with E-state index in [1.54, 1.807) is 0 Å². The first-order chi connectivity index (χ1) is 9.53. The quantitative estimate of drug-likeness (QED) is 0.574. The summed E-state index contributed by atoms with van der Waals surface area (Å²) >= 11 is 0. The first kappa shape index (κ1) is 15.0. The van der Waals surface area contributed by atoms with Crippen LogP contribution in [0.15, 0.2) is 12.2 Å². The first-order valence-electron chi connectivity index (χ1n) is 7.80. The van der Waals surface area contributed by atoms with E-state index in [2.05, 4.69) is 27.4 Å². The van der Waals surface area contributed by atoms with Crippen molar-refractivity contribution in [3.8, 4) is 0 Å². The maximum absolute atomic E-state index is 11.4. The third kappa shape index (κ3) is 1.72. The Morgan fingerprint density at radius 3 is 2.52 bits per heavy atom. The van der Waals surface area contributed by atoms with Gasteiger partial charge in [0.25, 0.3) is 0 Å². The lowest BCUT2D eigenvalue weighted by molar-refractivity contribution is -0.152. The lowest BCUT2D eigenvalue weighted by Gasteiger charge is -2.42. The number of ether oxygens (including phenoxy) is 1. The molecule has 2 N–H and O–H groups in total. The van der Waals surface area contributed by atoms with Gasteiger partial charge in [-0.3, -0.25) is 4.79 Å². The van der Waals surface area contributed by atoms with Crippen molar-refractivity contribution in [1.82, 2.24) is 0 Å². The molecule has 4 nitrogen and oxygen atoms in total. The molecule has 3 saturated carbocycles. The van der Waals surface area contributed by atoms with E-state index in [1.165, 1.54) is 6.92 Å². The normalized spacial score (nSPS) is 50.9. The zero-order chi connectivity index (χ0) is 15.8. The van der Waals surface area contributed by atoms with Gasteiger partial charge in [0.05, 0.1) is 11.7 Å². The predicted octanol–water partition coefficient (Wildman–Crippen LogP) is 2.04. The fourth-order valence-electron chi connectivity index (χ4n) is 5.94. The Bertz CT molecular complexity index is 511. The second kappa shape index (κ2) is 4.11. The lowest BCUT2D eigenvalue weighted by Crippen LogP contribution is -2.46.